The molecule has 0 amide bonds. The summed E-state index contributed by atoms with van der Waals surface area (Å²) in [5.41, 5.74) is 18.0. The van der Waals surface area contributed by atoms with Crippen LogP contribution in [0.25, 0.3) is 11.3 Å². The molecule has 1 saturated carbocycles. The van der Waals surface area contributed by atoms with Gasteiger partial charge in [0.25, 0.3) is 0 Å². The second-order valence-electron chi connectivity index (χ2n) is 8.59. The normalized spacial score (nSPS) is 24.5. The lowest BCUT2D eigenvalue weighted by molar-refractivity contribution is 0.211. The molecular formula is C22H29N5O. The summed E-state index contributed by atoms with van der Waals surface area (Å²) in [6.07, 6.45) is 7.26. The molecule has 0 saturated heterocycles. The first-order valence-electron chi connectivity index (χ1n) is 10.0. The lowest BCUT2D eigenvalue weighted by Crippen LogP contribution is -2.36. The van der Waals surface area contributed by atoms with Crippen molar-refractivity contribution in [2.45, 2.75) is 57.4 Å². The Balaban J connectivity index is 1.78. The van der Waals surface area contributed by atoms with Gasteiger partial charge in [0.1, 0.15) is 19.3 Å². The van der Waals surface area contributed by atoms with Crippen molar-refractivity contribution in [3.05, 3.63) is 41.2 Å². The molecule has 0 spiro atoms. The molecule has 0 radical (unpaired) electrons. The number of fused-ring (bicyclic) bond motifs is 3. The fraction of sp³-hybridized carbons (Fsp3) is 0.500. The van der Waals surface area contributed by atoms with Gasteiger partial charge in [0, 0.05) is 28.1 Å². The summed E-state index contributed by atoms with van der Waals surface area (Å²) in [6, 6.07) is 6.98. The molecule has 0 atom stereocenters. The molecule has 6 nitrogen and oxygen atoms in total. The molecule has 148 valence electrons. The Bertz CT molecular complexity index is 913. The highest BCUT2D eigenvalue weighted by Crippen LogP contribution is 2.44. The van der Waals surface area contributed by atoms with Crippen LogP contribution < -0.4 is 11.5 Å². The van der Waals surface area contributed by atoms with Crippen LogP contribution in [-0.4, -0.2) is 28.8 Å². The van der Waals surface area contributed by atoms with Gasteiger partial charge in [0.2, 0.25) is 0 Å². The Kier molecular flexibility index (Phi) is 4.83. The lowest BCUT2D eigenvalue weighted by Gasteiger charge is -2.35. The first kappa shape index (κ1) is 18.9. The van der Waals surface area contributed by atoms with Crippen LogP contribution in [0.1, 0.15) is 56.2 Å². The standard InChI is InChI=1S/C22H29N5O/c1-22(2)18-19(25-12-26-21(18)24)16-9-6-14(11-17(16)20(22)27-28-3)10-13-4-7-15(23)8-5-13/h6,9,11-13,15H,4-5,7-8,10,23H2,1-3H3,(H2,24,25,26)/b27-20+. The maximum atomic E-state index is 6.24. The number of benzene rings is 1. The van der Waals surface area contributed by atoms with E-state index in [1.807, 2.05) is 0 Å². The average Bonchev–Trinajstić information content (AvgIpc) is 2.66. The zero-order valence-electron chi connectivity index (χ0n) is 16.9. The van der Waals surface area contributed by atoms with Crippen LogP contribution in [0.15, 0.2) is 29.7 Å². The largest absolute Gasteiger partial charge is 0.399 e. The number of nitrogen functional groups attached to an aromatic ring is 1. The van der Waals surface area contributed by atoms with Crippen molar-refractivity contribution in [1.82, 2.24) is 9.97 Å². The molecule has 0 aliphatic heterocycles. The zero-order valence-corrected chi connectivity index (χ0v) is 16.9. The first-order chi connectivity index (χ1) is 13.4. The number of hydrogen-bond donors (Lipinski definition) is 2. The maximum Gasteiger partial charge on any atom is 0.131 e. The van der Waals surface area contributed by atoms with Gasteiger partial charge in [-0.1, -0.05) is 17.3 Å². The van der Waals surface area contributed by atoms with Gasteiger partial charge in [0.05, 0.1) is 11.4 Å². The average molecular weight is 380 g/mol. The van der Waals surface area contributed by atoms with Gasteiger partial charge in [-0.15, -0.1) is 0 Å². The first-order valence-corrected chi connectivity index (χ1v) is 10.0. The molecule has 2 aliphatic carbocycles. The van der Waals surface area contributed by atoms with E-state index < -0.39 is 5.41 Å². The summed E-state index contributed by atoms with van der Waals surface area (Å²) in [7, 11) is 1.58. The molecule has 1 fully saturated rings. The molecule has 2 aromatic rings. The highest BCUT2D eigenvalue weighted by atomic mass is 16.6. The maximum absolute atomic E-state index is 6.24. The number of nitrogens with zero attached hydrogens (tertiary/aromatic N) is 3. The van der Waals surface area contributed by atoms with E-state index in [1.165, 1.54) is 24.7 Å². The molecule has 4 rings (SSSR count). The molecule has 4 N–H and O–H groups in total. The lowest BCUT2D eigenvalue weighted by atomic mass is 9.69. The van der Waals surface area contributed by atoms with Crippen LogP contribution in [0.3, 0.4) is 0 Å². The van der Waals surface area contributed by atoms with E-state index in [2.05, 4.69) is 47.2 Å². The SMILES string of the molecule is CO/N=C1\c2cc(CC3CCC(N)CC3)ccc2-c2ncnc(N)c2C1(C)C. The molecule has 1 heterocycles. The third-order valence-corrected chi connectivity index (χ3v) is 6.29. The fourth-order valence-electron chi connectivity index (χ4n) is 4.78. The van der Waals surface area contributed by atoms with Gasteiger partial charge in [-0.3, -0.25) is 0 Å². The Labute approximate surface area is 166 Å². The number of rotatable bonds is 3. The minimum absolute atomic E-state index is 0.377. The van der Waals surface area contributed by atoms with Crippen LogP contribution >= 0.6 is 0 Å². The summed E-state index contributed by atoms with van der Waals surface area (Å²) < 4.78 is 0. The smallest absolute Gasteiger partial charge is 0.131 e. The van der Waals surface area contributed by atoms with Crippen LogP contribution in [0.4, 0.5) is 5.82 Å². The van der Waals surface area contributed by atoms with E-state index in [4.69, 9.17) is 16.3 Å². The topological polar surface area (TPSA) is 99.4 Å². The Morgan fingerprint density at radius 2 is 1.89 bits per heavy atom. The number of aromatic nitrogens is 2. The third-order valence-electron chi connectivity index (χ3n) is 6.29. The van der Waals surface area contributed by atoms with Crippen molar-refractivity contribution in [3.8, 4) is 11.3 Å². The van der Waals surface area contributed by atoms with Crippen LogP contribution in [-0.2, 0) is 16.7 Å². The predicted molar refractivity (Wildman–Crippen MR) is 112 cm³/mol. The Morgan fingerprint density at radius 1 is 1.14 bits per heavy atom. The molecular weight excluding hydrogens is 350 g/mol. The monoisotopic (exact) mass is 379 g/mol. The highest BCUT2D eigenvalue weighted by Gasteiger charge is 2.40. The summed E-state index contributed by atoms with van der Waals surface area (Å²) in [6.45, 7) is 4.20. The van der Waals surface area contributed by atoms with E-state index in [-0.39, 0.29) is 0 Å². The Hall–Kier alpha value is -2.47. The molecule has 1 aromatic heterocycles. The number of hydrogen-bond acceptors (Lipinski definition) is 6. The van der Waals surface area contributed by atoms with Crippen molar-refractivity contribution < 1.29 is 4.84 Å². The molecule has 0 unspecified atom stereocenters. The summed E-state index contributed by atoms with van der Waals surface area (Å²) in [4.78, 5) is 14.0. The van der Waals surface area contributed by atoms with Gasteiger partial charge in [0.15, 0.2) is 0 Å². The highest BCUT2D eigenvalue weighted by molar-refractivity contribution is 6.15. The van der Waals surface area contributed by atoms with E-state index in [0.717, 1.165) is 47.4 Å². The number of oxime groups is 1. The van der Waals surface area contributed by atoms with Crippen molar-refractivity contribution in [2.24, 2.45) is 16.8 Å². The van der Waals surface area contributed by atoms with Crippen molar-refractivity contribution in [3.63, 3.8) is 0 Å². The third kappa shape index (κ3) is 3.15. The molecule has 0 bridgehead atoms. The van der Waals surface area contributed by atoms with Crippen LogP contribution in [0.2, 0.25) is 0 Å². The molecule has 6 heteroatoms. The molecule has 28 heavy (non-hydrogen) atoms. The predicted octanol–water partition coefficient (Wildman–Crippen LogP) is 3.43. The van der Waals surface area contributed by atoms with E-state index >= 15 is 0 Å². The van der Waals surface area contributed by atoms with Gasteiger partial charge < -0.3 is 16.3 Å². The fourth-order valence-corrected chi connectivity index (χ4v) is 4.78. The minimum Gasteiger partial charge on any atom is -0.399 e. The van der Waals surface area contributed by atoms with E-state index in [0.29, 0.717) is 17.8 Å². The summed E-state index contributed by atoms with van der Waals surface area (Å²) >= 11 is 0. The van der Waals surface area contributed by atoms with Crippen molar-refractivity contribution in [1.29, 1.82) is 0 Å². The Morgan fingerprint density at radius 3 is 2.61 bits per heavy atom. The van der Waals surface area contributed by atoms with Gasteiger partial charge >= 0.3 is 0 Å². The quantitative estimate of drug-likeness (QED) is 0.796. The molecule has 2 aliphatic rings. The zero-order chi connectivity index (χ0) is 19.9. The van der Waals surface area contributed by atoms with E-state index in [9.17, 15) is 0 Å². The summed E-state index contributed by atoms with van der Waals surface area (Å²) in [5, 5.41) is 4.40. The van der Waals surface area contributed by atoms with Gasteiger partial charge in [-0.05, 0) is 63.5 Å². The minimum atomic E-state index is -0.445. The second-order valence-corrected chi connectivity index (χ2v) is 8.59. The van der Waals surface area contributed by atoms with Crippen LogP contribution in [0, 0.1) is 5.92 Å². The van der Waals surface area contributed by atoms with E-state index in [1.54, 1.807) is 7.11 Å². The number of anilines is 1. The number of nitrogens with two attached hydrogens (primary N) is 2. The van der Waals surface area contributed by atoms with Crippen molar-refractivity contribution in [2.75, 3.05) is 12.8 Å². The second kappa shape index (κ2) is 7.17. The van der Waals surface area contributed by atoms with Crippen molar-refractivity contribution >= 4 is 11.5 Å². The van der Waals surface area contributed by atoms with Gasteiger partial charge in [-0.25, -0.2) is 9.97 Å². The van der Waals surface area contributed by atoms with Gasteiger partial charge in [-0.2, -0.15) is 0 Å². The molecule has 1 aromatic carbocycles. The van der Waals surface area contributed by atoms with Crippen LogP contribution in [0.5, 0.6) is 0 Å². The summed E-state index contributed by atoms with van der Waals surface area (Å²) in [5.74, 6) is 1.19.